The molecule has 0 radical (unpaired) electrons. The van der Waals surface area contributed by atoms with Gasteiger partial charge < -0.3 is 4.57 Å². The summed E-state index contributed by atoms with van der Waals surface area (Å²) in [6, 6.07) is 0. The highest BCUT2D eigenvalue weighted by molar-refractivity contribution is 7.99. The lowest BCUT2D eigenvalue weighted by molar-refractivity contribution is 0.354. The highest BCUT2D eigenvalue weighted by Crippen LogP contribution is 2.25. The van der Waals surface area contributed by atoms with Gasteiger partial charge in [0.25, 0.3) is 0 Å². The smallest absolute Gasteiger partial charge is 0.191 e. The Morgan fingerprint density at radius 3 is 2.83 bits per heavy atom. The van der Waals surface area contributed by atoms with Crippen LogP contribution >= 0.6 is 11.8 Å². The van der Waals surface area contributed by atoms with Crippen LogP contribution in [0.3, 0.4) is 0 Å². The number of hydrogen-bond acceptors (Lipinski definition) is 5. The van der Waals surface area contributed by atoms with Crippen LogP contribution in [0.4, 0.5) is 0 Å². The van der Waals surface area contributed by atoms with Crippen molar-refractivity contribution in [3.05, 3.63) is 31.1 Å². The van der Waals surface area contributed by atoms with E-state index in [0.29, 0.717) is 0 Å². The minimum atomic E-state index is -0.384. The van der Waals surface area contributed by atoms with Crippen LogP contribution < -0.4 is 0 Å². The molecule has 2 rings (SSSR count). The lowest BCUT2D eigenvalue weighted by Crippen LogP contribution is -2.31. The summed E-state index contributed by atoms with van der Waals surface area (Å²) in [5.74, 6) is 1.66. The van der Waals surface area contributed by atoms with Crippen LogP contribution in [0.25, 0.3) is 0 Å². The Morgan fingerprint density at radius 2 is 2.22 bits per heavy atom. The van der Waals surface area contributed by atoms with E-state index in [4.69, 9.17) is 0 Å². The summed E-state index contributed by atoms with van der Waals surface area (Å²) in [6.45, 7) is 7.77. The van der Waals surface area contributed by atoms with Crippen LogP contribution in [-0.4, -0.2) is 35.3 Å². The van der Waals surface area contributed by atoms with Crippen LogP contribution in [0, 0.1) is 0 Å². The average molecular weight is 264 g/mol. The first-order valence-corrected chi connectivity index (χ1v) is 6.54. The molecule has 0 fully saturated rings. The fraction of sp³-hybridized carbons (Fsp3) is 0.455. The summed E-state index contributed by atoms with van der Waals surface area (Å²) in [4.78, 5) is 3.98. The summed E-state index contributed by atoms with van der Waals surface area (Å²) in [6.07, 6.45) is 5.05. The Morgan fingerprint density at radius 1 is 1.44 bits per heavy atom. The van der Waals surface area contributed by atoms with Gasteiger partial charge in [-0.2, -0.15) is 5.10 Å². The monoisotopic (exact) mass is 264 g/mol. The fourth-order valence-corrected chi connectivity index (χ4v) is 2.35. The summed E-state index contributed by atoms with van der Waals surface area (Å²) >= 11 is 1.61. The van der Waals surface area contributed by atoms with E-state index in [1.165, 1.54) is 6.33 Å². The van der Waals surface area contributed by atoms with Gasteiger partial charge in [-0.15, -0.1) is 16.8 Å². The molecule has 0 aromatic carbocycles. The third-order valence-electron chi connectivity index (χ3n) is 2.70. The zero-order valence-corrected chi connectivity index (χ0v) is 11.6. The van der Waals surface area contributed by atoms with Crippen LogP contribution in [0.15, 0.2) is 30.5 Å². The molecule has 0 spiro atoms. The van der Waals surface area contributed by atoms with Gasteiger partial charge in [-0.25, -0.2) is 9.67 Å². The average Bonchev–Trinajstić information content (AvgIpc) is 2.96. The summed E-state index contributed by atoms with van der Waals surface area (Å²) in [5.41, 5.74) is -0.384. The van der Waals surface area contributed by atoms with Crippen molar-refractivity contribution in [2.75, 3.05) is 5.75 Å². The van der Waals surface area contributed by atoms with Crippen LogP contribution in [0.2, 0.25) is 0 Å². The predicted molar refractivity (Wildman–Crippen MR) is 70.4 cm³/mol. The van der Waals surface area contributed by atoms with E-state index in [-0.39, 0.29) is 5.54 Å². The maximum Gasteiger partial charge on any atom is 0.191 e. The first-order valence-electron chi connectivity index (χ1n) is 5.56. The molecule has 0 atom stereocenters. The minimum absolute atomic E-state index is 0.384. The van der Waals surface area contributed by atoms with Gasteiger partial charge in [-0.1, -0.05) is 17.8 Å². The van der Waals surface area contributed by atoms with Crippen LogP contribution in [-0.2, 0) is 12.6 Å². The van der Waals surface area contributed by atoms with Gasteiger partial charge in [0.1, 0.15) is 18.2 Å². The summed E-state index contributed by atoms with van der Waals surface area (Å²) < 4.78 is 3.76. The van der Waals surface area contributed by atoms with Gasteiger partial charge in [-0.3, -0.25) is 0 Å². The van der Waals surface area contributed by atoms with Gasteiger partial charge in [0.15, 0.2) is 11.0 Å². The van der Waals surface area contributed by atoms with Gasteiger partial charge in [-0.05, 0) is 13.8 Å². The minimum Gasteiger partial charge on any atom is -0.307 e. The molecule has 0 N–H and O–H groups in total. The molecule has 0 aliphatic heterocycles. The molecule has 2 heterocycles. The van der Waals surface area contributed by atoms with E-state index in [1.807, 2.05) is 31.5 Å². The number of thioether (sulfide) groups is 1. The van der Waals surface area contributed by atoms with E-state index >= 15 is 0 Å². The Labute approximate surface area is 110 Å². The van der Waals surface area contributed by atoms with Gasteiger partial charge in [0.2, 0.25) is 0 Å². The Hall–Kier alpha value is -1.63. The van der Waals surface area contributed by atoms with Crippen molar-refractivity contribution >= 4 is 11.8 Å². The standard InChI is InChI=1S/C11H16N6S/c1-5-6-18-10-15-14-9(16(10)4)11(2,3)17-8-12-7-13-17/h5,7-8H,1,6H2,2-4H3. The second kappa shape index (κ2) is 4.93. The van der Waals surface area contributed by atoms with Crippen LogP contribution in [0.5, 0.6) is 0 Å². The molecule has 0 unspecified atom stereocenters. The first-order chi connectivity index (χ1) is 8.57. The van der Waals surface area contributed by atoms with Crippen molar-refractivity contribution in [2.24, 2.45) is 7.05 Å². The van der Waals surface area contributed by atoms with Crippen molar-refractivity contribution in [3.63, 3.8) is 0 Å². The van der Waals surface area contributed by atoms with E-state index in [0.717, 1.165) is 16.7 Å². The molecule has 2 aromatic heterocycles. The third-order valence-corrected chi connectivity index (χ3v) is 3.72. The van der Waals surface area contributed by atoms with Crippen molar-refractivity contribution in [1.29, 1.82) is 0 Å². The third kappa shape index (κ3) is 2.17. The number of nitrogens with zero attached hydrogens (tertiary/aromatic N) is 6. The molecule has 0 saturated heterocycles. The van der Waals surface area contributed by atoms with Gasteiger partial charge >= 0.3 is 0 Å². The molecule has 0 amide bonds. The number of hydrogen-bond donors (Lipinski definition) is 0. The van der Waals surface area contributed by atoms with Crippen molar-refractivity contribution in [3.8, 4) is 0 Å². The highest BCUT2D eigenvalue weighted by Gasteiger charge is 2.30. The Bertz CT molecular complexity index is 528. The quantitative estimate of drug-likeness (QED) is 0.604. The Balaban J connectivity index is 2.34. The van der Waals surface area contributed by atoms with Gasteiger partial charge in [0, 0.05) is 12.8 Å². The maximum absolute atomic E-state index is 4.27. The molecule has 0 aliphatic carbocycles. The molecule has 0 bridgehead atoms. The SMILES string of the molecule is C=CCSc1nnc(C(C)(C)n2cncn2)n1C. The van der Waals surface area contributed by atoms with Crippen LogP contribution in [0.1, 0.15) is 19.7 Å². The van der Waals surface area contributed by atoms with E-state index in [2.05, 4.69) is 26.9 Å². The first kappa shape index (κ1) is 12.8. The maximum atomic E-state index is 4.27. The lowest BCUT2D eigenvalue weighted by atomic mass is 10.1. The lowest BCUT2D eigenvalue weighted by Gasteiger charge is -2.23. The molecule has 96 valence electrons. The van der Waals surface area contributed by atoms with E-state index in [1.54, 1.807) is 22.8 Å². The summed E-state index contributed by atoms with van der Waals surface area (Å²) in [7, 11) is 1.96. The zero-order valence-electron chi connectivity index (χ0n) is 10.7. The van der Waals surface area contributed by atoms with Crippen molar-refractivity contribution in [2.45, 2.75) is 24.5 Å². The van der Waals surface area contributed by atoms with E-state index in [9.17, 15) is 0 Å². The predicted octanol–water partition coefficient (Wildman–Crippen LogP) is 1.47. The topological polar surface area (TPSA) is 61.4 Å². The van der Waals surface area contributed by atoms with Gasteiger partial charge in [0.05, 0.1) is 0 Å². The molecule has 0 aliphatic rings. The molecule has 0 saturated carbocycles. The molecule has 6 nitrogen and oxygen atoms in total. The fourth-order valence-electron chi connectivity index (χ4n) is 1.71. The molecular formula is C11H16N6S. The van der Waals surface area contributed by atoms with Crippen molar-refractivity contribution in [1.82, 2.24) is 29.5 Å². The number of aromatic nitrogens is 6. The normalized spacial score (nSPS) is 11.7. The second-order valence-corrected chi connectivity index (χ2v) is 5.35. The number of rotatable bonds is 5. The summed E-state index contributed by atoms with van der Waals surface area (Å²) in [5, 5.41) is 13.5. The molecule has 2 aromatic rings. The molecule has 18 heavy (non-hydrogen) atoms. The largest absolute Gasteiger partial charge is 0.307 e. The molecular weight excluding hydrogens is 248 g/mol. The zero-order chi connectivity index (χ0) is 13.2. The van der Waals surface area contributed by atoms with E-state index < -0.39 is 0 Å². The second-order valence-electron chi connectivity index (χ2n) is 4.36. The van der Waals surface area contributed by atoms with Crippen molar-refractivity contribution < 1.29 is 0 Å². The Kier molecular flexibility index (Phi) is 3.51. The molecule has 7 heteroatoms. The highest BCUT2D eigenvalue weighted by atomic mass is 32.2.